The van der Waals surface area contributed by atoms with Crippen molar-refractivity contribution in [1.82, 2.24) is 9.97 Å². The summed E-state index contributed by atoms with van der Waals surface area (Å²) in [6.07, 6.45) is 0. The van der Waals surface area contributed by atoms with E-state index in [0.29, 0.717) is 39.6 Å². The van der Waals surface area contributed by atoms with Crippen LogP contribution in [0.25, 0.3) is 16.8 Å². The Labute approximate surface area is 218 Å². The number of ketones is 1. The number of aliphatic hydroxyl groups excluding tert-OH is 1. The fraction of sp³-hybridized carbons (Fsp3) is 0.179. The Balaban J connectivity index is 1.78. The molecule has 1 unspecified atom stereocenters. The molecule has 1 fully saturated rings. The smallest absolute Gasteiger partial charge is 0.302 e. The fourth-order valence-corrected chi connectivity index (χ4v) is 4.59. The Kier molecular flexibility index (Phi) is 6.38. The van der Waals surface area contributed by atoms with Gasteiger partial charge in [-0.1, -0.05) is 18.2 Å². The van der Waals surface area contributed by atoms with Crippen LogP contribution in [-0.2, 0) is 9.59 Å². The normalized spacial score (nSPS) is 16.6. The van der Waals surface area contributed by atoms with Gasteiger partial charge in [0.15, 0.2) is 11.5 Å². The Bertz CT molecular complexity index is 1560. The molecule has 3 aromatic carbocycles. The molecule has 10 heteroatoms. The molecule has 0 saturated carbocycles. The summed E-state index contributed by atoms with van der Waals surface area (Å²) >= 11 is 0. The van der Waals surface area contributed by atoms with Gasteiger partial charge < -0.3 is 29.0 Å². The molecule has 2 N–H and O–H groups in total. The number of rotatable bonds is 7. The lowest BCUT2D eigenvalue weighted by molar-refractivity contribution is -0.132. The van der Waals surface area contributed by atoms with Crippen molar-refractivity contribution < 1.29 is 33.6 Å². The zero-order valence-electron chi connectivity index (χ0n) is 21.1. The van der Waals surface area contributed by atoms with Crippen molar-refractivity contribution >= 4 is 34.4 Å². The zero-order chi connectivity index (χ0) is 27.0. The van der Waals surface area contributed by atoms with Gasteiger partial charge in [-0.25, -0.2) is 4.98 Å². The minimum absolute atomic E-state index is 0.144. The lowest BCUT2D eigenvalue weighted by atomic mass is 9.94. The third-order valence-electron chi connectivity index (χ3n) is 6.43. The van der Waals surface area contributed by atoms with Gasteiger partial charge in [0.2, 0.25) is 5.95 Å². The number of imidazole rings is 1. The van der Waals surface area contributed by atoms with Crippen LogP contribution in [0.15, 0.2) is 66.2 Å². The number of Topliss-reactive ketones (excluding diaryl/α,β-unsaturated/α-hetero) is 1. The first-order chi connectivity index (χ1) is 18.4. The first-order valence-electron chi connectivity index (χ1n) is 11.6. The number of carbonyl (C=O) groups is 2. The second kappa shape index (κ2) is 9.81. The second-order valence-corrected chi connectivity index (χ2v) is 8.43. The molecule has 0 bridgehead atoms. The second-order valence-electron chi connectivity index (χ2n) is 8.43. The highest BCUT2D eigenvalue weighted by Crippen LogP contribution is 2.45. The number of para-hydroxylation sites is 2. The molecule has 1 atom stereocenters. The predicted octanol–water partition coefficient (Wildman–Crippen LogP) is 4.22. The Hall–Kier alpha value is -4.99. The molecule has 1 saturated heterocycles. The van der Waals surface area contributed by atoms with Gasteiger partial charge in [0.25, 0.3) is 5.78 Å². The van der Waals surface area contributed by atoms with Crippen LogP contribution in [0.1, 0.15) is 17.2 Å². The van der Waals surface area contributed by atoms with Crippen LogP contribution in [0.5, 0.6) is 23.0 Å². The lowest BCUT2D eigenvalue weighted by Crippen LogP contribution is -2.30. The van der Waals surface area contributed by atoms with Crippen molar-refractivity contribution in [2.45, 2.75) is 6.04 Å². The third-order valence-corrected chi connectivity index (χ3v) is 6.43. The molecule has 1 aliphatic rings. The lowest BCUT2D eigenvalue weighted by Gasteiger charge is -2.24. The standard InChI is InChI=1S/C28H25N3O7/c1-35-16-10-12-20(36-2)17(14-16)25(32)23-24(15-9-11-21(37-3)22(13-15)38-4)31(27(34)26(23)33)28-29-18-7-5-6-8-19(18)30-28/h5-14,24,32H,1-4H3,(H,29,30)/b25-23+. The van der Waals surface area contributed by atoms with Crippen molar-refractivity contribution in [3.63, 3.8) is 0 Å². The average Bonchev–Trinajstić information content (AvgIpc) is 3.49. The molecule has 0 aliphatic carbocycles. The summed E-state index contributed by atoms with van der Waals surface area (Å²) in [5.74, 6) is -0.418. The van der Waals surface area contributed by atoms with Crippen molar-refractivity contribution in [1.29, 1.82) is 0 Å². The van der Waals surface area contributed by atoms with E-state index in [1.165, 1.54) is 39.4 Å². The quantitative estimate of drug-likeness (QED) is 0.213. The molecule has 0 radical (unpaired) electrons. The van der Waals surface area contributed by atoms with E-state index in [4.69, 9.17) is 18.9 Å². The summed E-state index contributed by atoms with van der Waals surface area (Å²) < 4.78 is 21.6. The minimum atomic E-state index is -1.05. The molecule has 2 heterocycles. The molecule has 0 spiro atoms. The number of aliphatic hydroxyl groups is 1. The number of nitrogens with one attached hydrogen (secondary N) is 1. The molecular weight excluding hydrogens is 490 g/mol. The van der Waals surface area contributed by atoms with Gasteiger partial charge in [-0.15, -0.1) is 0 Å². The number of benzene rings is 3. The van der Waals surface area contributed by atoms with E-state index in [2.05, 4.69) is 9.97 Å². The minimum Gasteiger partial charge on any atom is -0.507 e. The van der Waals surface area contributed by atoms with Crippen LogP contribution >= 0.6 is 0 Å². The highest BCUT2D eigenvalue weighted by atomic mass is 16.5. The highest BCUT2D eigenvalue weighted by Gasteiger charge is 2.48. The topological polar surface area (TPSA) is 123 Å². The largest absolute Gasteiger partial charge is 0.507 e. The van der Waals surface area contributed by atoms with Gasteiger partial charge in [-0.05, 0) is 48.0 Å². The number of hydrogen-bond donors (Lipinski definition) is 2. The Morgan fingerprint density at radius 2 is 1.58 bits per heavy atom. The number of anilines is 1. The van der Waals surface area contributed by atoms with E-state index < -0.39 is 23.5 Å². The number of ether oxygens (including phenoxy) is 4. The molecule has 1 amide bonds. The van der Waals surface area contributed by atoms with E-state index in [9.17, 15) is 14.7 Å². The van der Waals surface area contributed by atoms with E-state index in [-0.39, 0.29) is 17.1 Å². The maximum Gasteiger partial charge on any atom is 0.302 e. The Morgan fingerprint density at radius 1 is 0.868 bits per heavy atom. The van der Waals surface area contributed by atoms with Gasteiger partial charge in [-0.2, -0.15) is 0 Å². The number of hydrogen-bond acceptors (Lipinski definition) is 8. The summed E-state index contributed by atoms with van der Waals surface area (Å²) in [4.78, 5) is 36.0. The van der Waals surface area contributed by atoms with Crippen molar-refractivity contribution in [2.24, 2.45) is 0 Å². The first-order valence-corrected chi connectivity index (χ1v) is 11.6. The van der Waals surface area contributed by atoms with E-state index in [0.717, 1.165) is 0 Å². The van der Waals surface area contributed by atoms with Crippen molar-refractivity contribution in [3.05, 3.63) is 77.4 Å². The van der Waals surface area contributed by atoms with Gasteiger partial charge in [-0.3, -0.25) is 14.5 Å². The first kappa shape index (κ1) is 24.7. The van der Waals surface area contributed by atoms with Crippen LogP contribution in [0.4, 0.5) is 5.95 Å². The van der Waals surface area contributed by atoms with Gasteiger partial charge in [0.05, 0.1) is 56.7 Å². The van der Waals surface area contributed by atoms with Crippen LogP contribution < -0.4 is 23.8 Å². The van der Waals surface area contributed by atoms with Gasteiger partial charge in [0, 0.05) is 0 Å². The number of methoxy groups -OCH3 is 4. The molecule has 1 aliphatic heterocycles. The van der Waals surface area contributed by atoms with Crippen LogP contribution in [0, 0.1) is 0 Å². The number of amides is 1. The van der Waals surface area contributed by atoms with Crippen LogP contribution in [0.3, 0.4) is 0 Å². The van der Waals surface area contributed by atoms with E-state index in [1.807, 2.05) is 18.2 Å². The van der Waals surface area contributed by atoms with Gasteiger partial charge in [0.1, 0.15) is 17.3 Å². The number of carbonyl (C=O) groups excluding carboxylic acids is 2. The van der Waals surface area contributed by atoms with Crippen molar-refractivity contribution in [2.75, 3.05) is 33.3 Å². The number of aromatic nitrogens is 2. The highest BCUT2D eigenvalue weighted by molar-refractivity contribution is 6.51. The van der Waals surface area contributed by atoms with Crippen LogP contribution in [-0.4, -0.2) is 55.2 Å². The molecule has 5 rings (SSSR count). The summed E-state index contributed by atoms with van der Waals surface area (Å²) in [5, 5.41) is 11.6. The van der Waals surface area contributed by atoms with E-state index in [1.54, 1.807) is 36.4 Å². The molecule has 4 aromatic rings. The van der Waals surface area contributed by atoms with Crippen molar-refractivity contribution in [3.8, 4) is 23.0 Å². The Morgan fingerprint density at radius 3 is 2.26 bits per heavy atom. The third kappa shape index (κ3) is 3.96. The summed E-state index contributed by atoms with van der Waals surface area (Å²) in [5.41, 5.74) is 1.84. The molecule has 10 nitrogen and oxygen atoms in total. The van der Waals surface area contributed by atoms with E-state index >= 15 is 0 Å². The molecule has 194 valence electrons. The van der Waals surface area contributed by atoms with Crippen LogP contribution in [0.2, 0.25) is 0 Å². The zero-order valence-corrected chi connectivity index (χ0v) is 21.1. The summed E-state index contributed by atoms with van der Waals surface area (Å²) in [7, 11) is 5.92. The maximum atomic E-state index is 13.6. The van der Waals surface area contributed by atoms with Gasteiger partial charge >= 0.3 is 5.91 Å². The number of H-pyrrole nitrogens is 1. The monoisotopic (exact) mass is 515 g/mol. The average molecular weight is 516 g/mol. The maximum absolute atomic E-state index is 13.6. The predicted molar refractivity (Wildman–Crippen MR) is 140 cm³/mol. The number of aromatic amines is 1. The molecular formula is C28H25N3O7. The SMILES string of the molecule is COc1ccc(OC)c(/C(O)=C2\C(=O)C(=O)N(c3nc4ccccc4[nH]3)C2c2ccc(OC)c(OC)c2)c1. The number of fused-ring (bicyclic) bond motifs is 1. The molecule has 1 aromatic heterocycles. The molecule has 38 heavy (non-hydrogen) atoms. The fourth-order valence-electron chi connectivity index (χ4n) is 4.59. The number of nitrogens with zero attached hydrogens (tertiary/aromatic N) is 2. The summed E-state index contributed by atoms with van der Waals surface area (Å²) in [6.45, 7) is 0. The summed E-state index contributed by atoms with van der Waals surface area (Å²) in [6, 6.07) is 16.0.